The summed E-state index contributed by atoms with van der Waals surface area (Å²) in [4.78, 5) is 29.2. The Hall–Kier alpha value is -2.02. The van der Waals surface area contributed by atoms with E-state index in [4.69, 9.17) is 0 Å². The van der Waals surface area contributed by atoms with E-state index in [0.29, 0.717) is 5.92 Å². The Morgan fingerprint density at radius 1 is 1.38 bits per heavy atom. The Morgan fingerprint density at radius 3 is 2.92 bits per heavy atom. The lowest BCUT2D eigenvalue weighted by Gasteiger charge is -2.31. The van der Waals surface area contributed by atoms with Gasteiger partial charge in [-0.25, -0.2) is 4.98 Å². The van der Waals surface area contributed by atoms with Gasteiger partial charge in [0.25, 0.3) is 0 Å². The van der Waals surface area contributed by atoms with Gasteiger partial charge in [-0.1, -0.05) is 23.9 Å². The Labute approximate surface area is 144 Å². The summed E-state index contributed by atoms with van der Waals surface area (Å²) in [6.07, 6.45) is 2.12. The van der Waals surface area contributed by atoms with E-state index in [1.54, 1.807) is 23.3 Å². The maximum Gasteiger partial charge on any atom is 0.323 e. The van der Waals surface area contributed by atoms with Crippen molar-refractivity contribution in [1.29, 1.82) is 0 Å². The fourth-order valence-corrected chi connectivity index (χ4v) is 4.27. The molecule has 24 heavy (non-hydrogen) atoms. The summed E-state index contributed by atoms with van der Waals surface area (Å²) < 4.78 is 1.76. The van der Waals surface area contributed by atoms with Crippen molar-refractivity contribution in [2.24, 2.45) is 5.92 Å². The van der Waals surface area contributed by atoms with E-state index in [1.807, 2.05) is 29.2 Å². The molecule has 1 atom stereocenters. The van der Waals surface area contributed by atoms with Crippen LogP contribution in [0.15, 0.2) is 29.4 Å². The van der Waals surface area contributed by atoms with E-state index in [1.165, 1.54) is 0 Å². The summed E-state index contributed by atoms with van der Waals surface area (Å²) in [7, 11) is 0. The summed E-state index contributed by atoms with van der Waals surface area (Å²) in [6, 6.07) is 7.59. The number of aromatic nitrogens is 2. The Balaban J connectivity index is 1.74. The van der Waals surface area contributed by atoms with Crippen LogP contribution in [0.4, 0.5) is 0 Å². The molecule has 1 aromatic carbocycles. The molecule has 2 aromatic rings. The van der Waals surface area contributed by atoms with Gasteiger partial charge >= 0.3 is 5.97 Å². The average Bonchev–Trinajstić information content (AvgIpc) is 2.90. The molecule has 3 rings (SSSR count). The molecule has 6 nitrogen and oxygen atoms in total. The van der Waals surface area contributed by atoms with Gasteiger partial charge in [-0.3, -0.25) is 9.59 Å². The van der Waals surface area contributed by atoms with Crippen LogP contribution in [0, 0.1) is 5.92 Å². The van der Waals surface area contributed by atoms with Crippen molar-refractivity contribution < 1.29 is 14.7 Å². The molecule has 7 heteroatoms. The highest BCUT2D eigenvalue weighted by Crippen LogP contribution is 2.28. The summed E-state index contributed by atoms with van der Waals surface area (Å²) in [5.41, 5.74) is 1.66. The van der Waals surface area contributed by atoms with Crippen LogP contribution in [-0.4, -0.2) is 50.3 Å². The molecule has 1 aromatic heterocycles. The average molecular weight is 347 g/mol. The molecule has 2 heterocycles. The van der Waals surface area contributed by atoms with Crippen LogP contribution in [0.2, 0.25) is 0 Å². The van der Waals surface area contributed by atoms with Crippen molar-refractivity contribution >= 4 is 34.7 Å². The van der Waals surface area contributed by atoms with Crippen molar-refractivity contribution in [3.8, 4) is 0 Å². The second-order valence-corrected chi connectivity index (χ2v) is 7.13. The van der Waals surface area contributed by atoms with Gasteiger partial charge in [0.1, 0.15) is 6.54 Å². The van der Waals surface area contributed by atoms with Gasteiger partial charge in [0, 0.05) is 25.8 Å². The van der Waals surface area contributed by atoms with Gasteiger partial charge in [-0.15, -0.1) is 0 Å². The lowest BCUT2D eigenvalue weighted by atomic mass is 10.0. The van der Waals surface area contributed by atoms with Crippen molar-refractivity contribution in [3.63, 3.8) is 0 Å². The minimum atomic E-state index is -0.875. The minimum absolute atomic E-state index is 0.0902. The first-order chi connectivity index (χ1) is 11.5. The SMILES string of the molecule is CC(=O)N1CCCC(CSc2nc3ccccc3n2CC(=O)O)C1. The molecule has 1 unspecified atom stereocenters. The minimum Gasteiger partial charge on any atom is -0.480 e. The lowest BCUT2D eigenvalue weighted by Crippen LogP contribution is -2.39. The Kier molecular flexibility index (Phi) is 5.08. The van der Waals surface area contributed by atoms with Crippen molar-refractivity contribution in [2.45, 2.75) is 31.5 Å². The molecular weight excluding hydrogens is 326 g/mol. The summed E-state index contributed by atoms with van der Waals surface area (Å²) >= 11 is 1.59. The fraction of sp³-hybridized carbons (Fsp3) is 0.471. The monoisotopic (exact) mass is 347 g/mol. The predicted molar refractivity (Wildman–Crippen MR) is 93.1 cm³/mol. The number of para-hydroxylation sites is 2. The number of imidazole rings is 1. The number of amides is 1. The summed E-state index contributed by atoms with van der Waals surface area (Å²) in [5, 5.41) is 9.91. The van der Waals surface area contributed by atoms with Gasteiger partial charge in [-0.05, 0) is 30.9 Å². The molecule has 1 N–H and O–H groups in total. The van der Waals surface area contributed by atoms with Crippen LogP contribution in [0.5, 0.6) is 0 Å². The number of piperidine rings is 1. The quantitative estimate of drug-likeness (QED) is 0.841. The first kappa shape index (κ1) is 16.8. The summed E-state index contributed by atoms with van der Waals surface area (Å²) in [5.74, 6) is 0.515. The van der Waals surface area contributed by atoms with E-state index in [0.717, 1.165) is 47.9 Å². The van der Waals surface area contributed by atoms with Gasteiger partial charge in [0.15, 0.2) is 5.16 Å². The number of hydrogen-bond donors (Lipinski definition) is 1. The highest BCUT2D eigenvalue weighted by atomic mass is 32.2. The highest BCUT2D eigenvalue weighted by molar-refractivity contribution is 7.99. The zero-order chi connectivity index (χ0) is 17.1. The first-order valence-electron chi connectivity index (χ1n) is 8.10. The largest absolute Gasteiger partial charge is 0.480 e. The van der Waals surface area contributed by atoms with E-state index in [-0.39, 0.29) is 12.5 Å². The third kappa shape index (κ3) is 3.72. The molecule has 1 aliphatic rings. The number of carbonyl (C=O) groups is 2. The van der Waals surface area contributed by atoms with Gasteiger partial charge in [0.05, 0.1) is 11.0 Å². The molecular formula is C17H21N3O3S. The smallest absolute Gasteiger partial charge is 0.323 e. The summed E-state index contributed by atoms with van der Waals surface area (Å²) in [6.45, 7) is 3.14. The van der Waals surface area contributed by atoms with Crippen molar-refractivity contribution in [2.75, 3.05) is 18.8 Å². The second-order valence-electron chi connectivity index (χ2n) is 6.15. The molecule has 0 bridgehead atoms. The Bertz CT molecular complexity index is 759. The van der Waals surface area contributed by atoms with Crippen LogP contribution in [0.1, 0.15) is 19.8 Å². The number of thioether (sulfide) groups is 1. The molecule has 1 amide bonds. The molecule has 1 saturated heterocycles. The second kappa shape index (κ2) is 7.25. The molecule has 128 valence electrons. The maximum absolute atomic E-state index is 11.5. The van der Waals surface area contributed by atoms with Crippen LogP contribution in [0.3, 0.4) is 0 Å². The topological polar surface area (TPSA) is 75.4 Å². The number of likely N-dealkylation sites (tertiary alicyclic amines) is 1. The zero-order valence-corrected chi connectivity index (χ0v) is 14.5. The van der Waals surface area contributed by atoms with Crippen LogP contribution >= 0.6 is 11.8 Å². The van der Waals surface area contributed by atoms with Gasteiger partial charge in [0.2, 0.25) is 5.91 Å². The van der Waals surface area contributed by atoms with Gasteiger partial charge in [-0.2, -0.15) is 0 Å². The van der Waals surface area contributed by atoms with Crippen molar-refractivity contribution in [1.82, 2.24) is 14.5 Å². The molecule has 0 spiro atoms. The van der Waals surface area contributed by atoms with E-state index in [2.05, 4.69) is 4.98 Å². The van der Waals surface area contributed by atoms with Crippen LogP contribution in [0.25, 0.3) is 11.0 Å². The third-order valence-corrected chi connectivity index (χ3v) is 5.53. The number of nitrogens with zero attached hydrogens (tertiary/aromatic N) is 3. The number of rotatable bonds is 5. The normalized spacial score (nSPS) is 18.0. The van der Waals surface area contributed by atoms with Crippen LogP contribution in [-0.2, 0) is 16.1 Å². The predicted octanol–water partition coefficient (Wildman–Crippen LogP) is 2.47. The number of aliphatic carboxylic acids is 1. The standard InChI is InChI=1S/C17H21N3O3S/c1-12(21)19-8-4-5-13(9-19)11-24-17-18-14-6-2-3-7-15(14)20(17)10-16(22)23/h2-3,6-7,13H,4-5,8-11H2,1H3,(H,22,23). The molecule has 0 saturated carbocycles. The van der Waals surface area contributed by atoms with E-state index < -0.39 is 5.97 Å². The zero-order valence-electron chi connectivity index (χ0n) is 13.6. The third-order valence-electron chi connectivity index (χ3n) is 4.33. The number of hydrogen-bond acceptors (Lipinski definition) is 4. The number of carboxylic acids is 1. The number of fused-ring (bicyclic) bond motifs is 1. The number of benzene rings is 1. The molecule has 1 aliphatic heterocycles. The van der Waals surface area contributed by atoms with E-state index >= 15 is 0 Å². The van der Waals surface area contributed by atoms with Crippen LogP contribution < -0.4 is 0 Å². The van der Waals surface area contributed by atoms with E-state index in [9.17, 15) is 14.7 Å². The highest BCUT2D eigenvalue weighted by Gasteiger charge is 2.23. The molecule has 1 fully saturated rings. The first-order valence-corrected chi connectivity index (χ1v) is 9.08. The number of carboxylic acid groups (broad SMARTS) is 1. The maximum atomic E-state index is 11.5. The number of carbonyl (C=O) groups excluding carboxylic acids is 1. The van der Waals surface area contributed by atoms with Crippen molar-refractivity contribution in [3.05, 3.63) is 24.3 Å². The molecule has 0 radical (unpaired) electrons. The molecule has 0 aliphatic carbocycles. The Morgan fingerprint density at radius 2 is 2.17 bits per heavy atom. The fourth-order valence-electron chi connectivity index (χ4n) is 3.13. The lowest BCUT2D eigenvalue weighted by molar-refractivity contribution is -0.137. The van der Waals surface area contributed by atoms with Gasteiger partial charge < -0.3 is 14.6 Å².